The Kier molecular flexibility index (Phi) is 4.54. The van der Waals surface area contributed by atoms with E-state index in [-0.39, 0.29) is 6.15 Å². The van der Waals surface area contributed by atoms with Gasteiger partial charge in [-0.1, -0.05) is 6.08 Å². The fourth-order valence-corrected chi connectivity index (χ4v) is 1.19. The molecule has 0 spiro atoms. The Labute approximate surface area is 68.4 Å². The molecule has 0 aliphatic carbocycles. The molecule has 64 valence electrons. The van der Waals surface area contributed by atoms with Crippen molar-refractivity contribution in [2.75, 3.05) is 19.6 Å². The largest absolute Gasteiger partial charge is 0.359 e. The zero-order chi connectivity index (χ0) is 7.40. The number of amidine groups is 1. The van der Waals surface area contributed by atoms with E-state index in [1.807, 2.05) is 6.08 Å². The lowest BCUT2D eigenvalue weighted by Crippen LogP contribution is -2.26. The Morgan fingerprint density at radius 2 is 2.45 bits per heavy atom. The molecule has 0 amide bonds. The summed E-state index contributed by atoms with van der Waals surface area (Å²) in [5.41, 5.74) is 0. The van der Waals surface area contributed by atoms with Crippen LogP contribution in [0.15, 0.2) is 17.6 Å². The van der Waals surface area contributed by atoms with Crippen LogP contribution in [0.1, 0.15) is 13.3 Å². The lowest BCUT2D eigenvalue weighted by molar-refractivity contribution is 0.478. The maximum Gasteiger partial charge on any atom is 0.103 e. The molecule has 0 saturated carbocycles. The maximum atomic E-state index is 4.35. The van der Waals surface area contributed by atoms with Crippen molar-refractivity contribution in [3.63, 3.8) is 0 Å². The van der Waals surface area contributed by atoms with Crippen LogP contribution in [-0.2, 0) is 0 Å². The smallest absolute Gasteiger partial charge is 0.103 e. The van der Waals surface area contributed by atoms with E-state index in [2.05, 4.69) is 23.4 Å². The van der Waals surface area contributed by atoms with E-state index in [1.165, 1.54) is 5.84 Å². The topological polar surface area (TPSA) is 50.6 Å². The van der Waals surface area contributed by atoms with Gasteiger partial charge in [0.05, 0.1) is 6.54 Å². The van der Waals surface area contributed by atoms with E-state index in [4.69, 9.17) is 0 Å². The van der Waals surface area contributed by atoms with Crippen molar-refractivity contribution in [3.05, 3.63) is 12.7 Å². The van der Waals surface area contributed by atoms with Crippen molar-refractivity contribution in [1.29, 1.82) is 0 Å². The van der Waals surface area contributed by atoms with Crippen LogP contribution < -0.4 is 6.15 Å². The molecule has 1 rings (SSSR count). The second-order valence-corrected chi connectivity index (χ2v) is 2.37. The average Bonchev–Trinajstić information content (AvgIpc) is 2.36. The summed E-state index contributed by atoms with van der Waals surface area (Å²) in [7, 11) is 0. The maximum absolute atomic E-state index is 4.35. The molecule has 1 heterocycles. The molecule has 0 atom stereocenters. The second-order valence-electron chi connectivity index (χ2n) is 2.37. The van der Waals surface area contributed by atoms with Gasteiger partial charge in [0.2, 0.25) is 0 Å². The highest BCUT2D eigenvalue weighted by Crippen LogP contribution is 2.03. The minimum absolute atomic E-state index is 0. The van der Waals surface area contributed by atoms with Crippen LogP contribution in [0.4, 0.5) is 0 Å². The van der Waals surface area contributed by atoms with Gasteiger partial charge in [-0.05, 0) is 6.92 Å². The molecule has 0 aromatic heterocycles. The van der Waals surface area contributed by atoms with Gasteiger partial charge in [0.15, 0.2) is 0 Å². The standard InChI is InChI=1S/C8H14N2.H3N/c1-3-5-8-9-6-7-10(8)4-2;/h3H,1,4-7H2,2H3;1H3. The van der Waals surface area contributed by atoms with Crippen molar-refractivity contribution in [2.24, 2.45) is 4.99 Å². The van der Waals surface area contributed by atoms with E-state index in [1.54, 1.807) is 0 Å². The van der Waals surface area contributed by atoms with Gasteiger partial charge in [0.1, 0.15) is 5.84 Å². The molecule has 0 radical (unpaired) electrons. The van der Waals surface area contributed by atoms with Gasteiger partial charge in [0.25, 0.3) is 0 Å². The minimum atomic E-state index is 0. The van der Waals surface area contributed by atoms with Crippen LogP contribution in [0.3, 0.4) is 0 Å². The van der Waals surface area contributed by atoms with Crippen LogP contribution in [0.2, 0.25) is 0 Å². The third kappa shape index (κ3) is 2.35. The molecular weight excluding hydrogens is 138 g/mol. The average molecular weight is 155 g/mol. The molecule has 11 heavy (non-hydrogen) atoms. The number of likely N-dealkylation sites (N-methyl/N-ethyl adjacent to an activating group) is 1. The molecule has 1 aliphatic rings. The van der Waals surface area contributed by atoms with E-state index >= 15 is 0 Å². The van der Waals surface area contributed by atoms with Crippen LogP contribution >= 0.6 is 0 Å². The first-order valence-corrected chi connectivity index (χ1v) is 3.77. The van der Waals surface area contributed by atoms with E-state index in [9.17, 15) is 0 Å². The third-order valence-corrected chi connectivity index (χ3v) is 1.74. The lowest BCUT2D eigenvalue weighted by atomic mass is 10.3. The Bertz CT molecular complexity index is 151. The van der Waals surface area contributed by atoms with Crippen LogP contribution in [-0.4, -0.2) is 30.4 Å². The highest BCUT2D eigenvalue weighted by Gasteiger charge is 2.11. The highest BCUT2D eigenvalue weighted by molar-refractivity contribution is 5.84. The Hall–Kier alpha value is -0.830. The predicted octanol–water partition coefficient (Wildman–Crippen LogP) is 1.46. The Morgan fingerprint density at radius 3 is 3.00 bits per heavy atom. The normalized spacial score (nSPS) is 15.7. The van der Waals surface area contributed by atoms with Crippen molar-refractivity contribution in [3.8, 4) is 0 Å². The first kappa shape index (κ1) is 10.2. The number of nitrogens with zero attached hydrogens (tertiary/aromatic N) is 2. The van der Waals surface area contributed by atoms with Crippen molar-refractivity contribution < 1.29 is 0 Å². The summed E-state index contributed by atoms with van der Waals surface area (Å²) in [4.78, 5) is 6.64. The zero-order valence-electron chi connectivity index (χ0n) is 7.21. The van der Waals surface area contributed by atoms with Gasteiger partial charge in [-0.15, -0.1) is 6.58 Å². The Morgan fingerprint density at radius 1 is 1.73 bits per heavy atom. The monoisotopic (exact) mass is 155 g/mol. The summed E-state index contributed by atoms with van der Waals surface area (Å²) < 4.78 is 0. The molecular formula is C8H17N3. The summed E-state index contributed by atoms with van der Waals surface area (Å²) in [5, 5.41) is 0. The van der Waals surface area contributed by atoms with Crippen molar-refractivity contribution in [2.45, 2.75) is 13.3 Å². The van der Waals surface area contributed by atoms with Gasteiger partial charge >= 0.3 is 0 Å². The second kappa shape index (κ2) is 4.91. The molecule has 0 aromatic rings. The quantitative estimate of drug-likeness (QED) is 0.627. The molecule has 3 heteroatoms. The van der Waals surface area contributed by atoms with Crippen LogP contribution in [0.5, 0.6) is 0 Å². The van der Waals surface area contributed by atoms with Gasteiger partial charge in [-0.25, -0.2) is 0 Å². The van der Waals surface area contributed by atoms with Gasteiger partial charge < -0.3 is 11.1 Å². The highest BCUT2D eigenvalue weighted by atomic mass is 15.2. The first-order chi connectivity index (χ1) is 4.88. The number of aliphatic imine (C=N–C) groups is 1. The fourth-order valence-electron chi connectivity index (χ4n) is 1.19. The Balaban J connectivity index is 0.000001000. The van der Waals surface area contributed by atoms with E-state index < -0.39 is 0 Å². The van der Waals surface area contributed by atoms with Crippen molar-refractivity contribution >= 4 is 5.84 Å². The number of rotatable bonds is 3. The number of hydrogen-bond acceptors (Lipinski definition) is 3. The molecule has 1 aliphatic heterocycles. The molecule has 0 aromatic carbocycles. The molecule has 0 saturated heterocycles. The summed E-state index contributed by atoms with van der Waals surface area (Å²) >= 11 is 0. The summed E-state index contributed by atoms with van der Waals surface area (Å²) in [6.07, 6.45) is 2.83. The van der Waals surface area contributed by atoms with Gasteiger partial charge in [0, 0.05) is 19.5 Å². The van der Waals surface area contributed by atoms with Crippen molar-refractivity contribution in [1.82, 2.24) is 11.1 Å². The zero-order valence-corrected chi connectivity index (χ0v) is 7.21. The molecule has 0 unspecified atom stereocenters. The van der Waals surface area contributed by atoms with E-state index in [0.717, 1.165) is 26.1 Å². The molecule has 3 N–H and O–H groups in total. The first-order valence-electron chi connectivity index (χ1n) is 3.77. The molecule has 0 bridgehead atoms. The number of hydrogen-bond donors (Lipinski definition) is 1. The summed E-state index contributed by atoms with van der Waals surface area (Å²) in [6.45, 7) is 8.98. The fraction of sp³-hybridized carbons (Fsp3) is 0.625. The molecule has 0 fully saturated rings. The lowest BCUT2D eigenvalue weighted by Gasteiger charge is -2.16. The van der Waals surface area contributed by atoms with Gasteiger partial charge in [-0.3, -0.25) is 4.99 Å². The van der Waals surface area contributed by atoms with E-state index in [0.29, 0.717) is 0 Å². The van der Waals surface area contributed by atoms with Crippen LogP contribution in [0, 0.1) is 0 Å². The predicted molar refractivity (Wildman–Crippen MR) is 49.4 cm³/mol. The SMILES string of the molecule is C=CCC1=NCCN1CC.N. The van der Waals surface area contributed by atoms with Crippen LogP contribution in [0.25, 0.3) is 0 Å². The minimum Gasteiger partial charge on any atom is -0.359 e. The third-order valence-electron chi connectivity index (χ3n) is 1.74. The van der Waals surface area contributed by atoms with Gasteiger partial charge in [-0.2, -0.15) is 0 Å². The molecule has 3 nitrogen and oxygen atoms in total. The summed E-state index contributed by atoms with van der Waals surface area (Å²) in [5.74, 6) is 1.21. The summed E-state index contributed by atoms with van der Waals surface area (Å²) in [6, 6.07) is 0.